The molecule has 1 saturated carbocycles. The van der Waals surface area contributed by atoms with Gasteiger partial charge in [0, 0.05) is 31.3 Å². The van der Waals surface area contributed by atoms with Crippen LogP contribution in [0.15, 0.2) is 12.2 Å². The predicted molar refractivity (Wildman–Crippen MR) is 87.4 cm³/mol. The van der Waals surface area contributed by atoms with Crippen LogP contribution in [0.25, 0.3) is 0 Å². The number of aldehydes is 1. The van der Waals surface area contributed by atoms with E-state index in [0.717, 1.165) is 25.5 Å². The number of aliphatic hydroxyl groups excluding tert-OH is 1. The van der Waals surface area contributed by atoms with Crippen LogP contribution >= 0.6 is 0 Å². The third-order valence-corrected chi connectivity index (χ3v) is 4.85. The third-order valence-electron chi connectivity index (χ3n) is 4.85. The monoisotopic (exact) mass is 340 g/mol. The lowest BCUT2D eigenvalue weighted by Crippen LogP contribution is -2.32. The van der Waals surface area contributed by atoms with E-state index in [-0.39, 0.29) is 30.7 Å². The standard InChI is InChI=1S/C18H28O6/c19-12-14-13(7-3-1-2-4-8-17(21)22)15(20)11-16(14)24-18-9-5-6-10-23-18/h1,3,12-16,18,20H,2,4-11H2,(H,21,22)/t13-,14-,15+,16-,18?/m0/s1. The topological polar surface area (TPSA) is 93.1 Å². The van der Waals surface area contributed by atoms with E-state index in [9.17, 15) is 14.7 Å². The van der Waals surface area contributed by atoms with Crippen LogP contribution in [0.1, 0.15) is 51.4 Å². The van der Waals surface area contributed by atoms with Gasteiger partial charge < -0.3 is 24.5 Å². The molecular weight excluding hydrogens is 312 g/mol. The molecule has 0 aromatic heterocycles. The first-order chi connectivity index (χ1) is 11.6. The number of carbonyl (C=O) groups is 2. The zero-order valence-corrected chi connectivity index (χ0v) is 14.0. The molecule has 2 aliphatic rings. The molecule has 2 fully saturated rings. The van der Waals surface area contributed by atoms with E-state index in [0.29, 0.717) is 32.3 Å². The molecule has 0 aromatic rings. The zero-order chi connectivity index (χ0) is 17.4. The molecule has 1 saturated heterocycles. The molecule has 1 unspecified atom stereocenters. The summed E-state index contributed by atoms with van der Waals surface area (Å²) in [7, 11) is 0. The number of allylic oxidation sites excluding steroid dienone is 2. The highest BCUT2D eigenvalue weighted by atomic mass is 16.7. The maximum Gasteiger partial charge on any atom is 0.303 e. The van der Waals surface area contributed by atoms with Crippen molar-refractivity contribution in [3.8, 4) is 0 Å². The molecule has 1 heterocycles. The average molecular weight is 340 g/mol. The Balaban J connectivity index is 1.79. The molecular formula is C18H28O6. The number of unbranched alkanes of at least 4 members (excludes halogenated alkanes) is 1. The fraction of sp³-hybridized carbons (Fsp3) is 0.778. The molecule has 5 atom stereocenters. The Morgan fingerprint density at radius 1 is 1.29 bits per heavy atom. The summed E-state index contributed by atoms with van der Waals surface area (Å²) in [5.41, 5.74) is 0. The van der Waals surface area contributed by atoms with Crippen LogP contribution in [-0.2, 0) is 19.1 Å². The van der Waals surface area contributed by atoms with E-state index in [1.807, 2.05) is 12.2 Å². The highest BCUT2D eigenvalue weighted by Gasteiger charge is 2.43. The Labute approximate surface area is 142 Å². The summed E-state index contributed by atoms with van der Waals surface area (Å²) in [5, 5.41) is 18.9. The van der Waals surface area contributed by atoms with Crippen LogP contribution in [0.4, 0.5) is 0 Å². The fourth-order valence-electron chi connectivity index (χ4n) is 3.51. The van der Waals surface area contributed by atoms with Crippen molar-refractivity contribution < 1.29 is 29.3 Å². The molecule has 2 N–H and O–H groups in total. The van der Waals surface area contributed by atoms with Gasteiger partial charge in [0.05, 0.1) is 12.2 Å². The number of ether oxygens (including phenoxy) is 2. The lowest BCUT2D eigenvalue weighted by molar-refractivity contribution is -0.194. The highest BCUT2D eigenvalue weighted by molar-refractivity contribution is 5.66. The Morgan fingerprint density at radius 2 is 2.12 bits per heavy atom. The van der Waals surface area contributed by atoms with Crippen molar-refractivity contribution in [1.29, 1.82) is 0 Å². The molecule has 136 valence electrons. The first-order valence-corrected chi connectivity index (χ1v) is 8.89. The van der Waals surface area contributed by atoms with E-state index in [2.05, 4.69) is 0 Å². The van der Waals surface area contributed by atoms with E-state index in [1.54, 1.807) is 0 Å². The number of aliphatic carboxylic acids is 1. The average Bonchev–Trinajstić information content (AvgIpc) is 2.86. The van der Waals surface area contributed by atoms with Gasteiger partial charge in [0.1, 0.15) is 6.29 Å². The molecule has 0 bridgehead atoms. The summed E-state index contributed by atoms with van der Waals surface area (Å²) in [4.78, 5) is 21.9. The van der Waals surface area contributed by atoms with Crippen LogP contribution < -0.4 is 0 Å². The Morgan fingerprint density at radius 3 is 2.79 bits per heavy atom. The Bertz CT molecular complexity index is 429. The molecule has 2 rings (SSSR count). The first-order valence-electron chi connectivity index (χ1n) is 8.89. The Hall–Kier alpha value is -1.24. The van der Waals surface area contributed by atoms with Crippen molar-refractivity contribution in [1.82, 2.24) is 0 Å². The van der Waals surface area contributed by atoms with Gasteiger partial charge in [0.2, 0.25) is 0 Å². The fourth-order valence-corrected chi connectivity index (χ4v) is 3.51. The molecule has 1 aliphatic carbocycles. The van der Waals surface area contributed by atoms with Gasteiger partial charge in [0.25, 0.3) is 0 Å². The summed E-state index contributed by atoms with van der Waals surface area (Å²) in [5.74, 6) is -1.26. The Kier molecular flexibility index (Phi) is 7.88. The molecule has 0 spiro atoms. The quantitative estimate of drug-likeness (QED) is 0.380. The van der Waals surface area contributed by atoms with Crippen LogP contribution in [0, 0.1) is 11.8 Å². The largest absolute Gasteiger partial charge is 0.481 e. The number of aliphatic hydroxyl groups is 1. The van der Waals surface area contributed by atoms with Crippen molar-refractivity contribution in [3.05, 3.63) is 12.2 Å². The summed E-state index contributed by atoms with van der Waals surface area (Å²) < 4.78 is 11.5. The minimum atomic E-state index is -0.791. The minimum absolute atomic E-state index is 0.146. The van der Waals surface area contributed by atoms with Crippen LogP contribution in [0.5, 0.6) is 0 Å². The second kappa shape index (κ2) is 9.91. The van der Waals surface area contributed by atoms with Gasteiger partial charge in [0.15, 0.2) is 6.29 Å². The molecule has 0 amide bonds. The van der Waals surface area contributed by atoms with E-state index in [1.165, 1.54) is 0 Å². The van der Waals surface area contributed by atoms with Crippen molar-refractivity contribution >= 4 is 12.3 Å². The van der Waals surface area contributed by atoms with Crippen molar-refractivity contribution in [2.45, 2.75) is 69.9 Å². The van der Waals surface area contributed by atoms with Gasteiger partial charge in [-0.25, -0.2) is 0 Å². The van der Waals surface area contributed by atoms with Crippen molar-refractivity contribution in [3.63, 3.8) is 0 Å². The van der Waals surface area contributed by atoms with Crippen LogP contribution in [0.2, 0.25) is 0 Å². The predicted octanol–water partition coefficient (Wildman–Crippen LogP) is 2.30. The van der Waals surface area contributed by atoms with Crippen LogP contribution in [0.3, 0.4) is 0 Å². The maximum absolute atomic E-state index is 11.5. The molecule has 0 radical (unpaired) electrons. The number of carbonyl (C=O) groups excluding carboxylic acids is 1. The van der Waals surface area contributed by atoms with Gasteiger partial charge in [-0.2, -0.15) is 0 Å². The second-order valence-corrected chi connectivity index (χ2v) is 6.64. The normalized spacial score (nSPS) is 33.8. The number of hydrogen-bond acceptors (Lipinski definition) is 5. The smallest absolute Gasteiger partial charge is 0.303 e. The van der Waals surface area contributed by atoms with Gasteiger partial charge in [-0.1, -0.05) is 12.2 Å². The highest BCUT2D eigenvalue weighted by Crippen LogP contribution is 2.37. The number of rotatable bonds is 9. The second-order valence-electron chi connectivity index (χ2n) is 6.64. The molecule has 1 aliphatic heterocycles. The maximum atomic E-state index is 11.5. The number of carboxylic acids is 1. The lowest BCUT2D eigenvalue weighted by Gasteiger charge is -2.28. The van der Waals surface area contributed by atoms with Crippen molar-refractivity contribution in [2.24, 2.45) is 11.8 Å². The molecule has 0 aromatic carbocycles. The van der Waals surface area contributed by atoms with E-state index < -0.39 is 12.1 Å². The molecule has 6 heteroatoms. The third kappa shape index (κ3) is 5.69. The van der Waals surface area contributed by atoms with Gasteiger partial charge in [-0.05, 0) is 38.5 Å². The first kappa shape index (κ1) is 19.1. The van der Waals surface area contributed by atoms with Crippen LogP contribution in [-0.4, -0.2) is 47.6 Å². The van der Waals surface area contributed by atoms with Crippen molar-refractivity contribution in [2.75, 3.05) is 6.61 Å². The SMILES string of the molecule is O=C[C@H]1[C@H](CC=CCCCC(=O)O)[C@H](O)C[C@@H]1OC1CCCCO1. The minimum Gasteiger partial charge on any atom is -0.481 e. The molecule has 24 heavy (non-hydrogen) atoms. The van der Waals surface area contributed by atoms with E-state index in [4.69, 9.17) is 14.6 Å². The zero-order valence-electron chi connectivity index (χ0n) is 14.0. The number of hydrogen-bond donors (Lipinski definition) is 2. The summed E-state index contributed by atoms with van der Waals surface area (Å²) >= 11 is 0. The van der Waals surface area contributed by atoms with Gasteiger partial charge >= 0.3 is 5.97 Å². The summed E-state index contributed by atoms with van der Waals surface area (Å²) in [6.07, 6.45) is 9.10. The lowest BCUT2D eigenvalue weighted by atomic mass is 9.91. The number of carboxylic acid groups (broad SMARTS) is 1. The van der Waals surface area contributed by atoms with Gasteiger partial charge in [-0.3, -0.25) is 4.79 Å². The van der Waals surface area contributed by atoms with Gasteiger partial charge in [-0.15, -0.1) is 0 Å². The molecule has 6 nitrogen and oxygen atoms in total. The van der Waals surface area contributed by atoms with E-state index >= 15 is 0 Å². The summed E-state index contributed by atoms with van der Waals surface area (Å²) in [6.45, 7) is 0.689. The summed E-state index contributed by atoms with van der Waals surface area (Å²) in [6, 6.07) is 0.